The lowest BCUT2D eigenvalue weighted by Crippen LogP contribution is -2.32. The molecule has 1 aromatic carbocycles. The molecule has 0 unspecified atom stereocenters. The Morgan fingerprint density at radius 3 is 2.69 bits per heavy atom. The number of carbonyl (C=O) groups is 1. The molecule has 1 aromatic heterocycles. The molecule has 0 aliphatic heterocycles. The summed E-state index contributed by atoms with van der Waals surface area (Å²) in [5.74, 6) is 0.114. The van der Waals surface area contributed by atoms with Crippen LogP contribution in [0, 0.1) is 0 Å². The fourth-order valence-electron chi connectivity index (χ4n) is 3.09. The number of carbonyl (C=O) groups excluding carboxylic acids is 1. The van der Waals surface area contributed by atoms with Gasteiger partial charge in [0.05, 0.1) is 33.9 Å². The van der Waals surface area contributed by atoms with E-state index in [1.165, 1.54) is 4.31 Å². The van der Waals surface area contributed by atoms with Crippen LogP contribution in [0.5, 0.6) is 0 Å². The number of hydrogen-bond donors (Lipinski definition) is 1. The van der Waals surface area contributed by atoms with Crippen molar-refractivity contribution in [2.75, 3.05) is 25.9 Å². The Morgan fingerprint density at radius 1 is 1.34 bits per heavy atom. The van der Waals surface area contributed by atoms with Gasteiger partial charge in [-0.15, -0.1) is 0 Å². The van der Waals surface area contributed by atoms with E-state index in [0.717, 1.165) is 18.5 Å². The molecule has 158 valence electrons. The van der Waals surface area contributed by atoms with Gasteiger partial charge in [0.1, 0.15) is 0 Å². The van der Waals surface area contributed by atoms with Crippen molar-refractivity contribution in [1.82, 2.24) is 19.4 Å². The van der Waals surface area contributed by atoms with Gasteiger partial charge in [0.2, 0.25) is 10.0 Å². The Hall–Kier alpha value is -1.61. The standard InChI is InChI=1S/C19H24Cl2N4O3S/c1-3-29(27,28)24(2)10-4-9-22-19(26)15-12-23-25(18(15)13-5-6-13)17-8-7-14(20)11-16(17)21/h7-8,11-13H,3-6,9-10H2,1-2H3,(H,22,26). The third kappa shape index (κ3) is 5.12. The SMILES string of the molecule is CCS(=O)(=O)N(C)CCCNC(=O)c1cnn(-c2ccc(Cl)cc2Cl)c1C1CC1. The van der Waals surface area contributed by atoms with Crippen molar-refractivity contribution in [2.45, 2.75) is 32.1 Å². The van der Waals surface area contributed by atoms with Crippen LogP contribution < -0.4 is 5.32 Å². The molecule has 0 radical (unpaired) electrons. The molecule has 1 fully saturated rings. The molecule has 3 rings (SSSR count). The van der Waals surface area contributed by atoms with Crippen molar-refractivity contribution >= 4 is 39.1 Å². The minimum Gasteiger partial charge on any atom is -0.352 e. The number of aromatic nitrogens is 2. The van der Waals surface area contributed by atoms with E-state index >= 15 is 0 Å². The Bertz CT molecular complexity index is 1000. The number of hydrogen-bond acceptors (Lipinski definition) is 4. The van der Waals surface area contributed by atoms with E-state index < -0.39 is 10.0 Å². The molecule has 1 aliphatic carbocycles. The van der Waals surface area contributed by atoms with Gasteiger partial charge in [-0.05, 0) is 44.4 Å². The maximum absolute atomic E-state index is 12.7. The maximum atomic E-state index is 12.7. The van der Waals surface area contributed by atoms with E-state index in [0.29, 0.717) is 40.8 Å². The number of sulfonamides is 1. The van der Waals surface area contributed by atoms with E-state index in [2.05, 4.69) is 10.4 Å². The average molecular weight is 459 g/mol. The fraction of sp³-hybridized carbons (Fsp3) is 0.474. The normalized spacial score (nSPS) is 14.4. The van der Waals surface area contributed by atoms with Crippen LogP contribution in [-0.2, 0) is 10.0 Å². The van der Waals surface area contributed by atoms with Gasteiger partial charge in [-0.3, -0.25) is 4.79 Å². The summed E-state index contributed by atoms with van der Waals surface area (Å²) in [6.45, 7) is 2.34. The van der Waals surface area contributed by atoms with Gasteiger partial charge in [0.25, 0.3) is 5.91 Å². The molecular formula is C19H24Cl2N4O3S. The number of benzene rings is 1. The molecule has 0 bridgehead atoms. The summed E-state index contributed by atoms with van der Waals surface area (Å²) in [6, 6.07) is 5.17. The maximum Gasteiger partial charge on any atom is 0.254 e. The second kappa shape index (κ2) is 9.04. The van der Waals surface area contributed by atoms with Crippen LogP contribution in [0.15, 0.2) is 24.4 Å². The van der Waals surface area contributed by atoms with E-state index in [4.69, 9.17) is 23.2 Å². The first kappa shape index (κ1) is 22.1. The van der Waals surface area contributed by atoms with E-state index in [-0.39, 0.29) is 17.6 Å². The molecule has 1 saturated carbocycles. The van der Waals surface area contributed by atoms with Crippen molar-refractivity contribution in [3.05, 3.63) is 45.7 Å². The third-order valence-electron chi connectivity index (χ3n) is 4.93. The summed E-state index contributed by atoms with van der Waals surface area (Å²) < 4.78 is 26.6. The molecule has 7 nitrogen and oxygen atoms in total. The first-order chi connectivity index (χ1) is 13.7. The van der Waals surface area contributed by atoms with Crippen LogP contribution in [0.3, 0.4) is 0 Å². The molecule has 1 aliphatic rings. The van der Waals surface area contributed by atoms with E-state index in [9.17, 15) is 13.2 Å². The smallest absolute Gasteiger partial charge is 0.254 e. The summed E-state index contributed by atoms with van der Waals surface area (Å²) in [6.07, 6.45) is 4.08. The Kier molecular flexibility index (Phi) is 6.88. The van der Waals surface area contributed by atoms with Crippen LogP contribution in [0.25, 0.3) is 5.69 Å². The summed E-state index contributed by atoms with van der Waals surface area (Å²) in [5, 5.41) is 8.27. The lowest BCUT2D eigenvalue weighted by Gasteiger charge is -2.16. The van der Waals surface area contributed by atoms with E-state index in [1.807, 2.05) is 0 Å². The highest BCUT2D eigenvalue weighted by Crippen LogP contribution is 2.43. The van der Waals surface area contributed by atoms with Gasteiger partial charge in [0, 0.05) is 31.1 Å². The molecule has 0 atom stereocenters. The zero-order valence-electron chi connectivity index (χ0n) is 16.4. The zero-order chi connectivity index (χ0) is 21.2. The Labute approximate surface area is 181 Å². The van der Waals surface area contributed by atoms with Gasteiger partial charge < -0.3 is 5.32 Å². The first-order valence-corrected chi connectivity index (χ1v) is 11.9. The van der Waals surface area contributed by atoms with Gasteiger partial charge in [-0.2, -0.15) is 5.10 Å². The predicted molar refractivity (Wildman–Crippen MR) is 115 cm³/mol. The van der Waals surface area contributed by atoms with Crippen LogP contribution in [0.4, 0.5) is 0 Å². The second-order valence-electron chi connectivity index (χ2n) is 7.06. The van der Waals surface area contributed by atoms with Gasteiger partial charge in [-0.25, -0.2) is 17.4 Å². The summed E-state index contributed by atoms with van der Waals surface area (Å²) in [5.41, 5.74) is 2.05. The van der Waals surface area contributed by atoms with Crippen molar-refractivity contribution < 1.29 is 13.2 Å². The average Bonchev–Trinajstić information content (AvgIpc) is 3.43. The topological polar surface area (TPSA) is 84.3 Å². The van der Waals surface area contributed by atoms with E-state index in [1.54, 1.807) is 43.0 Å². The van der Waals surface area contributed by atoms with Crippen molar-refractivity contribution in [1.29, 1.82) is 0 Å². The van der Waals surface area contributed by atoms with Gasteiger partial charge >= 0.3 is 0 Å². The molecule has 1 heterocycles. The highest BCUT2D eigenvalue weighted by Gasteiger charge is 2.33. The van der Waals surface area contributed by atoms with Crippen LogP contribution >= 0.6 is 23.2 Å². The fourth-order valence-corrected chi connectivity index (χ4v) is 4.42. The quantitative estimate of drug-likeness (QED) is 0.583. The molecule has 0 saturated heterocycles. The van der Waals surface area contributed by atoms with Gasteiger partial charge in [0.15, 0.2) is 0 Å². The Balaban J connectivity index is 1.69. The molecule has 0 spiro atoms. The summed E-state index contributed by atoms with van der Waals surface area (Å²) in [7, 11) is -1.66. The van der Waals surface area contributed by atoms with Crippen LogP contribution in [0.2, 0.25) is 10.0 Å². The van der Waals surface area contributed by atoms with Crippen molar-refractivity contribution in [2.24, 2.45) is 0 Å². The largest absolute Gasteiger partial charge is 0.352 e. The molecule has 29 heavy (non-hydrogen) atoms. The molecular weight excluding hydrogens is 435 g/mol. The lowest BCUT2D eigenvalue weighted by atomic mass is 10.1. The van der Waals surface area contributed by atoms with Crippen LogP contribution in [0.1, 0.15) is 48.2 Å². The number of halogens is 2. The third-order valence-corrected chi connectivity index (χ3v) is 7.33. The summed E-state index contributed by atoms with van der Waals surface area (Å²) in [4.78, 5) is 12.7. The highest BCUT2D eigenvalue weighted by atomic mass is 35.5. The number of amides is 1. The number of nitrogens with zero attached hydrogens (tertiary/aromatic N) is 3. The Morgan fingerprint density at radius 2 is 2.07 bits per heavy atom. The molecule has 10 heteroatoms. The molecule has 1 amide bonds. The molecule has 2 aromatic rings. The lowest BCUT2D eigenvalue weighted by molar-refractivity contribution is 0.0952. The number of rotatable bonds is 9. The number of nitrogens with one attached hydrogen (secondary N) is 1. The monoisotopic (exact) mass is 458 g/mol. The van der Waals surface area contributed by atoms with Crippen molar-refractivity contribution in [3.63, 3.8) is 0 Å². The minimum atomic E-state index is -3.21. The van der Waals surface area contributed by atoms with Crippen LogP contribution in [-0.4, -0.2) is 54.3 Å². The summed E-state index contributed by atoms with van der Waals surface area (Å²) >= 11 is 12.3. The van der Waals surface area contributed by atoms with Crippen molar-refractivity contribution in [3.8, 4) is 5.69 Å². The molecule has 1 N–H and O–H groups in total. The minimum absolute atomic E-state index is 0.0625. The zero-order valence-corrected chi connectivity index (χ0v) is 18.7. The highest BCUT2D eigenvalue weighted by molar-refractivity contribution is 7.89. The predicted octanol–water partition coefficient (Wildman–Crippen LogP) is 3.46. The second-order valence-corrected chi connectivity index (χ2v) is 10.3. The van der Waals surface area contributed by atoms with Gasteiger partial charge in [-0.1, -0.05) is 23.2 Å². The first-order valence-electron chi connectivity index (χ1n) is 9.50.